The van der Waals surface area contributed by atoms with Crippen LogP contribution >= 0.6 is 11.8 Å². The number of nitrogens with zero attached hydrogens (tertiary/aromatic N) is 3. The summed E-state index contributed by atoms with van der Waals surface area (Å²) >= 11 is 1.31. The second-order valence-corrected chi connectivity index (χ2v) is 8.17. The van der Waals surface area contributed by atoms with Gasteiger partial charge in [0.25, 0.3) is 5.91 Å². The van der Waals surface area contributed by atoms with E-state index in [-0.39, 0.29) is 11.4 Å². The number of thioether (sulfide) groups is 1. The molecule has 0 unspecified atom stereocenters. The van der Waals surface area contributed by atoms with Crippen LogP contribution in [0.15, 0.2) is 58.1 Å². The lowest BCUT2D eigenvalue weighted by atomic mass is 10.1. The minimum Gasteiger partial charge on any atom is -0.493 e. The topological polar surface area (TPSA) is 106 Å². The van der Waals surface area contributed by atoms with Crippen LogP contribution in [0.25, 0.3) is 6.08 Å². The molecule has 176 valence electrons. The lowest BCUT2D eigenvalue weighted by Gasteiger charge is -2.20. The summed E-state index contributed by atoms with van der Waals surface area (Å²) in [6, 6.07) is 12.7. The average Bonchev–Trinajstić information content (AvgIpc) is 3.28. The van der Waals surface area contributed by atoms with Crippen molar-refractivity contribution >= 4 is 39.8 Å². The number of amidine groups is 2. The molecule has 2 aliphatic heterocycles. The Labute approximate surface area is 201 Å². The molecule has 0 fully saturated rings. The smallest absolute Gasteiger partial charge is 0.283 e. The molecule has 2 aromatic carbocycles. The molecule has 0 saturated carbocycles. The Balaban J connectivity index is 1.44. The first-order valence-electron chi connectivity index (χ1n) is 10.6. The maximum Gasteiger partial charge on any atom is 0.283 e. The molecule has 0 saturated heterocycles. The van der Waals surface area contributed by atoms with Crippen LogP contribution in [0.3, 0.4) is 0 Å². The predicted octanol–water partition coefficient (Wildman–Crippen LogP) is 4.19. The number of ether oxygens (including phenoxy) is 4. The van der Waals surface area contributed by atoms with Gasteiger partial charge in [-0.15, -0.1) is 0 Å². The molecule has 2 aliphatic rings. The van der Waals surface area contributed by atoms with Gasteiger partial charge in [0.05, 0.1) is 19.8 Å². The van der Waals surface area contributed by atoms with Gasteiger partial charge in [-0.1, -0.05) is 25.1 Å². The highest BCUT2D eigenvalue weighted by Gasteiger charge is 2.35. The van der Waals surface area contributed by atoms with E-state index in [2.05, 4.69) is 10.1 Å². The molecule has 0 bridgehead atoms. The molecule has 1 amide bonds. The molecule has 2 heterocycles. The first-order valence-corrected chi connectivity index (χ1v) is 11.4. The van der Waals surface area contributed by atoms with Crippen LogP contribution in [0, 0.1) is 5.41 Å². The summed E-state index contributed by atoms with van der Waals surface area (Å²) in [4.78, 5) is 16.6. The number of carbonyl (C=O) groups is 1. The van der Waals surface area contributed by atoms with E-state index in [0.717, 1.165) is 5.04 Å². The summed E-state index contributed by atoms with van der Waals surface area (Å²) in [5.74, 6) is 1.85. The SMILES string of the molecule is CCC1=NN2C(=N)/C(=C/c3ccc(OCCOc4ccccc4OC)c(OC)c3)C(=O)N=C2S1. The first-order chi connectivity index (χ1) is 16.5. The van der Waals surface area contributed by atoms with Gasteiger partial charge in [-0.25, -0.2) is 0 Å². The molecule has 10 heteroatoms. The van der Waals surface area contributed by atoms with Crippen molar-refractivity contribution in [1.29, 1.82) is 5.41 Å². The van der Waals surface area contributed by atoms with Crippen LogP contribution in [0.4, 0.5) is 0 Å². The molecule has 0 aromatic heterocycles. The van der Waals surface area contributed by atoms with E-state index >= 15 is 0 Å². The minimum atomic E-state index is -0.468. The lowest BCUT2D eigenvalue weighted by Crippen LogP contribution is -2.35. The van der Waals surface area contributed by atoms with E-state index in [1.54, 1.807) is 31.4 Å². The fourth-order valence-electron chi connectivity index (χ4n) is 3.28. The van der Waals surface area contributed by atoms with Crippen molar-refractivity contribution in [2.75, 3.05) is 27.4 Å². The van der Waals surface area contributed by atoms with Gasteiger partial charge in [0.15, 0.2) is 28.8 Å². The number of hydrogen-bond acceptors (Lipinski definition) is 8. The van der Waals surface area contributed by atoms with Crippen LogP contribution in [0.2, 0.25) is 0 Å². The quantitative estimate of drug-likeness (QED) is 0.424. The van der Waals surface area contributed by atoms with Crippen LogP contribution in [-0.2, 0) is 4.79 Å². The summed E-state index contributed by atoms with van der Waals surface area (Å²) < 4.78 is 22.3. The summed E-state index contributed by atoms with van der Waals surface area (Å²) in [6.45, 7) is 2.57. The highest BCUT2D eigenvalue weighted by atomic mass is 32.2. The van der Waals surface area contributed by atoms with Gasteiger partial charge >= 0.3 is 0 Å². The van der Waals surface area contributed by atoms with Gasteiger partial charge in [0.2, 0.25) is 5.17 Å². The molecule has 0 radical (unpaired) electrons. The van der Waals surface area contributed by atoms with Crippen molar-refractivity contribution in [3.8, 4) is 23.0 Å². The summed E-state index contributed by atoms with van der Waals surface area (Å²) in [5.41, 5.74) is 0.833. The monoisotopic (exact) mass is 480 g/mol. The van der Waals surface area contributed by atoms with Crippen molar-refractivity contribution in [3.05, 3.63) is 53.6 Å². The van der Waals surface area contributed by atoms with Gasteiger partial charge in [-0.05, 0) is 54.1 Å². The number of hydrazone groups is 1. The van der Waals surface area contributed by atoms with Gasteiger partial charge in [-0.2, -0.15) is 15.1 Å². The Morgan fingerprint density at radius 1 is 1.00 bits per heavy atom. The standard InChI is InChI=1S/C24H24N4O5S/c1-4-21-27-28-22(25)16(23(29)26-24(28)34-21)13-15-9-10-19(20(14-15)31-3)33-12-11-32-18-8-6-5-7-17(18)30-2/h5-10,13-14,25H,4,11-12H2,1-3H3/b16-13-,25-22?. The Morgan fingerprint density at radius 3 is 2.35 bits per heavy atom. The van der Waals surface area contributed by atoms with E-state index in [1.807, 2.05) is 31.2 Å². The Bertz CT molecular complexity index is 1210. The van der Waals surface area contributed by atoms with Crippen molar-refractivity contribution in [2.24, 2.45) is 10.1 Å². The van der Waals surface area contributed by atoms with Gasteiger partial charge in [0.1, 0.15) is 18.3 Å². The number of nitrogens with one attached hydrogen (secondary N) is 1. The Hall–Kier alpha value is -3.79. The van der Waals surface area contributed by atoms with Gasteiger partial charge in [-0.3, -0.25) is 10.2 Å². The maximum atomic E-state index is 12.5. The van der Waals surface area contributed by atoms with Crippen molar-refractivity contribution in [3.63, 3.8) is 0 Å². The van der Waals surface area contributed by atoms with Gasteiger partial charge in [0, 0.05) is 0 Å². The third-order valence-electron chi connectivity index (χ3n) is 4.97. The van der Waals surface area contributed by atoms with Crippen molar-refractivity contribution in [2.45, 2.75) is 13.3 Å². The zero-order chi connectivity index (χ0) is 24.1. The Kier molecular flexibility index (Phi) is 7.17. The van der Waals surface area contributed by atoms with Crippen molar-refractivity contribution < 1.29 is 23.7 Å². The number of fused-ring (bicyclic) bond motifs is 1. The van der Waals surface area contributed by atoms with Crippen LogP contribution in [0.5, 0.6) is 23.0 Å². The average molecular weight is 481 g/mol. The molecule has 0 atom stereocenters. The molecule has 1 N–H and O–H groups in total. The number of rotatable bonds is 9. The molecule has 2 aromatic rings. The number of benzene rings is 2. The van der Waals surface area contributed by atoms with Crippen LogP contribution in [-0.4, -0.2) is 54.4 Å². The number of carbonyl (C=O) groups excluding carboxylic acids is 1. The lowest BCUT2D eigenvalue weighted by molar-refractivity contribution is -0.114. The molecule has 9 nitrogen and oxygen atoms in total. The van der Waals surface area contributed by atoms with Crippen LogP contribution in [0.1, 0.15) is 18.9 Å². The summed E-state index contributed by atoms with van der Waals surface area (Å²) in [5, 5.41) is 15.4. The number of amides is 1. The summed E-state index contributed by atoms with van der Waals surface area (Å²) in [6.07, 6.45) is 2.31. The van der Waals surface area contributed by atoms with Crippen LogP contribution < -0.4 is 18.9 Å². The largest absolute Gasteiger partial charge is 0.493 e. The predicted molar refractivity (Wildman–Crippen MR) is 132 cm³/mol. The third-order valence-corrected chi connectivity index (χ3v) is 6.02. The van der Waals surface area contributed by atoms with E-state index in [1.165, 1.54) is 23.9 Å². The fourth-order valence-corrected chi connectivity index (χ4v) is 4.10. The number of para-hydroxylation sites is 2. The third kappa shape index (κ3) is 4.91. The number of methoxy groups -OCH3 is 2. The molecular weight excluding hydrogens is 456 g/mol. The molecule has 4 rings (SSSR count). The van der Waals surface area contributed by atoms with E-state index in [4.69, 9.17) is 24.4 Å². The highest BCUT2D eigenvalue weighted by molar-refractivity contribution is 8.26. The molecule has 0 spiro atoms. The van der Waals surface area contributed by atoms with E-state index < -0.39 is 5.91 Å². The Morgan fingerprint density at radius 2 is 1.68 bits per heavy atom. The first kappa shape index (κ1) is 23.4. The highest BCUT2D eigenvalue weighted by Crippen LogP contribution is 2.32. The summed E-state index contributed by atoms with van der Waals surface area (Å²) in [7, 11) is 3.13. The number of aliphatic imine (C=N–C) groups is 1. The normalized spacial score (nSPS) is 16.2. The van der Waals surface area contributed by atoms with Gasteiger partial charge < -0.3 is 18.9 Å². The van der Waals surface area contributed by atoms with E-state index in [0.29, 0.717) is 53.4 Å². The second kappa shape index (κ2) is 10.4. The second-order valence-electron chi connectivity index (χ2n) is 7.13. The zero-order valence-electron chi connectivity index (χ0n) is 19.0. The fraction of sp³-hybridized carbons (Fsp3) is 0.250. The van der Waals surface area contributed by atoms with E-state index in [9.17, 15) is 4.79 Å². The molecule has 34 heavy (non-hydrogen) atoms. The number of hydrogen-bond donors (Lipinski definition) is 1. The minimum absolute atomic E-state index is 0.00117. The zero-order valence-corrected chi connectivity index (χ0v) is 19.8. The molecule has 0 aliphatic carbocycles. The van der Waals surface area contributed by atoms with Crippen molar-refractivity contribution in [1.82, 2.24) is 5.01 Å². The maximum absolute atomic E-state index is 12.5. The molecular formula is C24H24N4O5S.